The molecule has 0 heterocycles. The second kappa shape index (κ2) is 6.79. The molecule has 1 atom stereocenters. The summed E-state index contributed by atoms with van der Waals surface area (Å²) in [7, 11) is 1.61. The minimum atomic E-state index is -0.374. The summed E-state index contributed by atoms with van der Waals surface area (Å²) in [6.07, 6.45) is 0. The lowest BCUT2D eigenvalue weighted by molar-refractivity contribution is -0.116. The first-order chi connectivity index (χ1) is 10.1. The Morgan fingerprint density at radius 3 is 2.33 bits per heavy atom. The molecule has 0 radical (unpaired) electrons. The molecule has 2 aromatic carbocycles. The third-order valence-electron chi connectivity index (χ3n) is 3.28. The summed E-state index contributed by atoms with van der Waals surface area (Å²) in [5, 5.41) is 6.09. The lowest BCUT2D eigenvalue weighted by Gasteiger charge is -2.18. The van der Waals surface area contributed by atoms with Crippen LogP contribution in [-0.2, 0) is 4.79 Å². The molecule has 21 heavy (non-hydrogen) atoms. The number of amides is 1. The lowest BCUT2D eigenvalue weighted by atomic mass is 10.2. The zero-order valence-corrected chi connectivity index (χ0v) is 12.5. The van der Waals surface area contributed by atoms with E-state index < -0.39 is 0 Å². The molecule has 0 aliphatic rings. The van der Waals surface area contributed by atoms with Crippen molar-refractivity contribution in [3.8, 4) is 5.75 Å². The molecule has 2 N–H and O–H groups in total. The molecule has 0 aliphatic heterocycles. The molecule has 1 amide bonds. The highest BCUT2D eigenvalue weighted by molar-refractivity contribution is 5.97. The Balaban J connectivity index is 2.05. The molecule has 0 unspecified atom stereocenters. The van der Waals surface area contributed by atoms with Crippen LogP contribution in [0.25, 0.3) is 0 Å². The molecule has 0 fully saturated rings. The first-order valence-electron chi connectivity index (χ1n) is 6.88. The van der Waals surface area contributed by atoms with Crippen LogP contribution < -0.4 is 15.4 Å². The highest BCUT2D eigenvalue weighted by Crippen LogP contribution is 2.24. The van der Waals surface area contributed by atoms with E-state index in [0.717, 1.165) is 16.9 Å². The van der Waals surface area contributed by atoms with Crippen molar-refractivity contribution in [2.75, 3.05) is 17.7 Å². The average molecular weight is 284 g/mol. The maximum absolute atomic E-state index is 12.3. The van der Waals surface area contributed by atoms with Gasteiger partial charge in [-0.25, -0.2) is 0 Å². The van der Waals surface area contributed by atoms with Gasteiger partial charge in [0.15, 0.2) is 0 Å². The van der Waals surface area contributed by atoms with Crippen LogP contribution in [0.3, 0.4) is 0 Å². The number of hydrogen-bond donors (Lipinski definition) is 2. The molecular weight excluding hydrogens is 264 g/mol. The summed E-state index contributed by atoms with van der Waals surface area (Å²) in [5.74, 6) is 0.628. The number of ether oxygens (including phenoxy) is 1. The number of aryl methyl sites for hydroxylation is 1. The van der Waals surface area contributed by atoms with Gasteiger partial charge in [0, 0.05) is 5.69 Å². The van der Waals surface area contributed by atoms with Crippen molar-refractivity contribution in [2.24, 2.45) is 0 Å². The van der Waals surface area contributed by atoms with Crippen molar-refractivity contribution in [1.82, 2.24) is 0 Å². The Bertz CT molecular complexity index is 626. The number of hydrogen-bond acceptors (Lipinski definition) is 3. The molecule has 2 aromatic rings. The Morgan fingerprint density at radius 1 is 1.05 bits per heavy atom. The van der Waals surface area contributed by atoms with Crippen LogP contribution in [-0.4, -0.2) is 19.1 Å². The van der Waals surface area contributed by atoms with Gasteiger partial charge in [0.05, 0.1) is 12.8 Å². The van der Waals surface area contributed by atoms with E-state index in [1.807, 2.05) is 62.4 Å². The molecule has 0 aromatic heterocycles. The van der Waals surface area contributed by atoms with Crippen LogP contribution >= 0.6 is 0 Å². The minimum Gasteiger partial charge on any atom is -0.495 e. The van der Waals surface area contributed by atoms with Crippen LogP contribution in [0.5, 0.6) is 5.75 Å². The van der Waals surface area contributed by atoms with Crippen molar-refractivity contribution in [2.45, 2.75) is 19.9 Å². The SMILES string of the molecule is COc1ccccc1N[C@@H](C)C(=O)Nc1ccccc1C. The van der Waals surface area contributed by atoms with E-state index in [1.54, 1.807) is 7.11 Å². The predicted octanol–water partition coefficient (Wildman–Crippen LogP) is 3.44. The highest BCUT2D eigenvalue weighted by Gasteiger charge is 2.15. The fourth-order valence-electron chi connectivity index (χ4n) is 2.02. The molecule has 0 spiro atoms. The molecule has 110 valence electrons. The van der Waals surface area contributed by atoms with Gasteiger partial charge in [0.2, 0.25) is 5.91 Å². The van der Waals surface area contributed by atoms with Gasteiger partial charge in [0.1, 0.15) is 11.8 Å². The number of anilines is 2. The van der Waals surface area contributed by atoms with Gasteiger partial charge in [-0.05, 0) is 37.6 Å². The van der Waals surface area contributed by atoms with Gasteiger partial charge in [-0.2, -0.15) is 0 Å². The number of rotatable bonds is 5. The third kappa shape index (κ3) is 3.75. The predicted molar refractivity (Wildman–Crippen MR) is 85.9 cm³/mol. The fraction of sp³-hybridized carbons (Fsp3) is 0.235. The van der Waals surface area contributed by atoms with Gasteiger partial charge >= 0.3 is 0 Å². The van der Waals surface area contributed by atoms with E-state index >= 15 is 0 Å². The molecule has 2 rings (SSSR count). The van der Waals surface area contributed by atoms with E-state index in [0.29, 0.717) is 5.75 Å². The average Bonchev–Trinajstić information content (AvgIpc) is 2.50. The second-order valence-corrected chi connectivity index (χ2v) is 4.87. The Morgan fingerprint density at radius 2 is 1.67 bits per heavy atom. The number of carbonyl (C=O) groups excluding carboxylic acids is 1. The van der Waals surface area contributed by atoms with Crippen LogP contribution in [0.1, 0.15) is 12.5 Å². The maximum Gasteiger partial charge on any atom is 0.246 e. The van der Waals surface area contributed by atoms with E-state index in [1.165, 1.54) is 0 Å². The molecule has 0 saturated carbocycles. The van der Waals surface area contributed by atoms with Crippen LogP contribution in [0, 0.1) is 6.92 Å². The topological polar surface area (TPSA) is 50.4 Å². The minimum absolute atomic E-state index is 0.0878. The zero-order valence-electron chi connectivity index (χ0n) is 12.5. The first-order valence-corrected chi connectivity index (χ1v) is 6.88. The Hall–Kier alpha value is -2.49. The summed E-state index contributed by atoms with van der Waals surface area (Å²) in [5.41, 5.74) is 2.67. The number of benzene rings is 2. The molecule has 4 nitrogen and oxygen atoms in total. The van der Waals surface area contributed by atoms with Crippen LogP contribution in [0.15, 0.2) is 48.5 Å². The van der Waals surface area contributed by atoms with Gasteiger partial charge in [-0.1, -0.05) is 30.3 Å². The van der Waals surface area contributed by atoms with E-state index in [-0.39, 0.29) is 11.9 Å². The summed E-state index contributed by atoms with van der Waals surface area (Å²) in [6, 6.07) is 14.9. The molecule has 4 heteroatoms. The van der Waals surface area contributed by atoms with E-state index in [2.05, 4.69) is 10.6 Å². The molecular formula is C17H20N2O2. The zero-order chi connectivity index (χ0) is 15.2. The maximum atomic E-state index is 12.3. The van der Waals surface area contributed by atoms with Gasteiger partial charge < -0.3 is 15.4 Å². The molecule has 0 saturated heterocycles. The number of para-hydroxylation sites is 3. The lowest BCUT2D eigenvalue weighted by Crippen LogP contribution is -2.32. The highest BCUT2D eigenvalue weighted by atomic mass is 16.5. The third-order valence-corrected chi connectivity index (χ3v) is 3.28. The second-order valence-electron chi connectivity index (χ2n) is 4.87. The molecule has 0 bridgehead atoms. The fourth-order valence-corrected chi connectivity index (χ4v) is 2.02. The standard InChI is InChI=1S/C17H20N2O2/c1-12-8-4-5-9-14(12)19-17(20)13(2)18-15-10-6-7-11-16(15)21-3/h4-11,13,18H,1-3H3,(H,19,20)/t13-/m0/s1. The van der Waals surface area contributed by atoms with E-state index in [4.69, 9.17) is 4.74 Å². The normalized spacial score (nSPS) is 11.6. The largest absolute Gasteiger partial charge is 0.495 e. The summed E-state index contributed by atoms with van der Waals surface area (Å²) in [4.78, 5) is 12.3. The van der Waals surface area contributed by atoms with Crippen LogP contribution in [0.4, 0.5) is 11.4 Å². The van der Waals surface area contributed by atoms with E-state index in [9.17, 15) is 4.79 Å². The Labute approximate surface area is 125 Å². The van der Waals surface area contributed by atoms with Crippen molar-refractivity contribution in [1.29, 1.82) is 0 Å². The number of methoxy groups -OCH3 is 1. The molecule has 0 aliphatic carbocycles. The van der Waals surface area contributed by atoms with Crippen molar-refractivity contribution >= 4 is 17.3 Å². The monoisotopic (exact) mass is 284 g/mol. The number of carbonyl (C=O) groups is 1. The Kier molecular flexibility index (Phi) is 4.82. The van der Waals surface area contributed by atoms with Crippen molar-refractivity contribution in [3.63, 3.8) is 0 Å². The van der Waals surface area contributed by atoms with Crippen molar-refractivity contribution < 1.29 is 9.53 Å². The smallest absolute Gasteiger partial charge is 0.246 e. The summed E-state index contributed by atoms with van der Waals surface area (Å²) >= 11 is 0. The van der Waals surface area contributed by atoms with Crippen LogP contribution in [0.2, 0.25) is 0 Å². The van der Waals surface area contributed by atoms with Gasteiger partial charge in [0.25, 0.3) is 0 Å². The quantitative estimate of drug-likeness (QED) is 0.884. The first kappa shape index (κ1) is 14.9. The summed E-state index contributed by atoms with van der Waals surface area (Å²) < 4.78 is 5.27. The van der Waals surface area contributed by atoms with Gasteiger partial charge in [-0.3, -0.25) is 4.79 Å². The number of nitrogens with one attached hydrogen (secondary N) is 2. The van der Waals surface area contributed by atoms with Crippen molar-refractivity contribution in [3.05, 3.63) is 54.1 Å². The van der Waals surface area contributed by atoms with Gasteiger partial charge in [-0.15, -0.1) is 0 Å². The summed E-state index contributed by atoms with van der Waals surface area (Å²) in [6.45, 7) is 3.79.